The van der Waals surface area contributed by atoms with Crippen LogP contribution in [0.1, 0.15) is 16.8 Å². The minimum atomic E-state index is -3.72. The summed E-state index contributed by atoms with van der Waals surface area (Å²) in [5.41, 5.74) is 2.15. The Hall–Kier alpha value is -1.90. The average molecular weight is 311 g/mol. The highest BCUT2D eigenvalue weighted by molar-refractivity contribution is 7.89. The molecule has 21 heavy (non-hydrogen) atoms. The van der Waals surface area contributed by atoms with Crippen molar-refractivity contribution in [2.45, 2.75) is 25.0 Å². The molecule has 0 aliphatic heterocycles. The van der Waals surface area contributed by atoms with Gasteiger partial charge in [-0.2, -0.15) is 5.10 Å². The SMILES string of the molecule is COc1cc(CO)ccc1S(=O)(=O)NCc1cn[nH]c1C. The molecule has 3 N–H and O–H groups in total. The number of hydrogen-bond donors (Lipinski definition) is 3. The third-order valence-electron chi connectivity index (χ3n) is 3.09. The minimum absolute atomic E-state index is 0.0309. The van der Waals surface area contributed by atoms with E-state index in [1.807, 2.05) is 6.92 Å². The number of H-pyrrole nitrogens is 1. The molecule has 0 bridgehead atoms. The maximum atomic E-state index is 12.3. The fourth-order valence-corrected chi connectivity index (χ4v) is 2.99. The summed E-state index contributed by atoms with van der Waals surface area (Å²) in [4.78, 5) is 0.0309. The molecule has 1 heterocycles. The fourth-order valence-electron chi connectivity index (χ4n) is 1.84. The molecule has 114 valence electrons. The zero-order valence-electron chi connectivity index (χ0n) is 11.8. The zero-order valence-corrected chi connectivity index (χ0v) is 12.6. The van der Waals surface area contributed by atoms with Gasteiger partial charge in [-0.25, -0.2) is 13.1 Å². The Kier molecular flexibility index (Phi) is 4.61. The van der Waals surface area contributed by atoms with Crippen LogP contribution in [0, 0.1) is 6.92 Å². The van der Waals surface area contributed by atoms with Crippen LogP contribution in [0.15, 0.2) is 29.3 Å². The summed E-state index contributed by atoms with van der Waals surface area (Å²) in [5, 5.41) is 15.7. The second kappa shape index (κ2) is 6.25. The van der Waals surface area contributed by atoms with Crippen molar-refractivity contribution in [2.24, 2.45) is 0 Å². The Morgan fingerprint density at radius 2 is 2.19 bits per heavy atom. The molecule has 1 aromatic carbocycles. The standard InChI is InChI=1S/C13H17N3O4S/c1-9-11(6-14-16-9)7-15-21(18,19)13-4-3-10(8-17)5-12(13)20-2/h3-6,15,17H,7-8H2,1-2H3,(H,14,16). The molecule has 0 amide bonds. The summed E-state index contributed by atoms with van der Waals surface area (Å²) in [6, 6.07) is 4.45. The number of aliphatic hydroxyl groups is 1. The Bertz CT molecular complexity index is 725. The van der Waals surface area contributed by atoms with E-state index in [0.717, 1.165) is 11.3 Å². The van der Waals surface area contributed by atoms with Crippen LogP contribution in [0.25, 0.3) is 0 Å². The summed E-state index contributed by atoms with van der Waals surface area (Å²) in [5.74, 6) is 0.193. The largest absolute Gasteiger partial charge is 0.495 e. The van der Waals surface area contributed by atoms with Gasteiger partial charge in [-0.3, -0.25) is 5.10 Å². The number of benzene rings is 1. The van der Waals surface area contributed by atoms with Gasteiger partial charge in [0.1, 0.15) is 10.6 Å². The summed E-state index contributed by atoms with van der Waals surface area (Å²) >= 11 is 0. The monoisotopic (exact) mass is 311 g/mol. The van der Waals surface area contributed by atoms with Crippen LogP contribution in [-0.2, 0) is 23.2 Å². The number of nitrogens with zero attached hydrogens (tertiary/aromatic N) is 1. The smallest absolute Gasteiger partial charge is 0.244 e. The Morgan fingerprint density at radius 3 is 2.76 bits per heavy atom. The molecular weight excluding hydrogens is 294 g/mol. The quantitative estimate of drug-likeness (QED) is 0.728. The lowest BCUT2D eigenvalue weighted by atomic mass is 10.2. The van der Waals surface area contributed by atoms with E-state index in [9.17, 15) is 8.42 Å². The summed E-state index contributed by atoms with van der Waals surface area (Å²) in [7, 11) is -2.33. The molecule has 0 saturated carbocycles. The first-order chi connectivity index (χ1) is 9.97. The molecular formula is C13H17N3O4S. The van der Waals surface area contributed by atoms with Crippen molar-refractivity contribution < 1.29 is 18.3 Å². The second-order valence-electron chi connectivity index (χ2n) is 4.49. The van der Waals surface area contributed by atoms with Crippen LogP contribution >= 0.6 is 0 Å². The highest BCUT2D eigenvalue weighted by atomic mass is 32.2. The third kappa shape index (κ3) is 3.41. The number of ether oxygens (including phenoxy) is 1. The number of sulfonamides is 1. The lowest BCUT2D eigenvalue weighted by Gasteiger charge is -2.11. The summed E-state index contributed by atoms with van der Waals surface area (Å²) in [6.45, 7) is 1.77. The van der Waals surface area contributed by atoms with Crippen molar-refractivity contribution in [3.8, 4) is 5.75 Å². The van der Waals surface area contributed by atoms with E-state index in [1.165, 1.54) is 19.2 Å². The van der Waals surface area contributed by atoms with E-state index in [2.05, 4.69) is 14.9 Å². The molecule has 0 spiro atoms. The first kappa shape index (κ1) is 15.5. The lowest BCUT2D eigenvalue weighted by Crippen LogP contribution is -2.24. The molecule has 0 aliphatic carbocycles. The van der Waals surface area contributed by atoms with Gasteiger partial charge in [0.15, 0.2) is 0 Å². The van der Waals surface area contributed by atoms with Crippen molar-refractivity contribution in [1.29, 1.82) is 0 Å². The van der Waals surface area contributed by atoms with E-state index in [0.29, 0.717) is 5.56 Å². The Balaban J connectivity index is 2.25. The van der Waals surface area contributed by atoms with Gasteiger partial charge in [-0.1, -0.05) is 6.07 Å². The third-order valence-corrected chi connectivity index (χ3v) is 4.53. The van der Waals surface area contributed by atoms with Gasteiger partial charge >= 0.3 is 0 Å². The van der Waals surface area contributed by atoms with Crippen molar-refractivity contribution in [1.82, 2.24) is 14.9 Å². The van der Waals surface area contributed by atoms with Gasteiger partial charge in [0.05, 0.1) is 19.9 Å². The van der Waals surface area contributed by atoms with Crippen molar-refractivity contribution in [3.63, 3.8) is 0 Å². The molecule has 1 aromatic heterocycles. The fraction of sp³-hybridized carbons (Fsp3) is 0.308. The molecule has 0 fully saturated rings. The highest BCUT2D eigenvalue weighted by Gasteiger charge is 2.20. The molecule has 0 radical (unpaired) electrons. The minimum Gasteiger partial charge on any atom is -0.495 e. The van der Waals surface area contributed by atoms with Crippen molar-refractivity contribution >= 4 is 10.0 Å². The first-order valence-electron chi connectivity index (χ1n) is 6.24. The maximum absolute atomic E-state index is 12.3. The number of aromatic amines is 1. The van der Waals surface area contributed by atoms with E-state index in [4.69, 9.17) is 9.84 Å². The average Bonchev–Trinajstić information content (AvgIpc) is 2.89. The Labute approximate surface area is 123 Å². The molecule has 0 saturated heterocycles. The number of aryl methyl sites for hydroxylation is 1. The molecule has 0 unspecified atom stereocenters. The van der Waals surface area contributed by atoms with Gasteiger partial charge in [-0.15, -0.1) is 0 Å². The molecule has 0 aliphatic rings. The van der Waals surface area contributed by atoms with Crippen LogP contribution in [0.2, 0.25) is 0 Å². The van der Waals surface area contributed by atoms with Gasteiger partial charge in [0, 0.05) is 17.8 Å². The van der Waals surface area contributed by atoms with Gasteiger partial charge < -0.3 is 9.84 Å². The number of nitrogens with one attached hydrogen (secondary N) is 2. The van der Waals surface area contributed by atoms with Crippen LogP contribution < -0.4 is 9.46 Å². The van der Waals surface area contributed by atoms with Crippen LogP contribution in [0.3, 0.4) is 0 Å². The van der Waals surface area contributed by atoms with Crippen molar-refractivity contribution in [2.75, 3.05) is 7.11 Å². The predicted molar refractivity (Wildman–Crippen MR) is 76.3 cm³/mol. The maximum Gasteiger partial charge on any atom is 0.244 e. The number of rotatable bonds is 6. The van der Waals surface area contributed by atoms with Crippen LogP contribution in [0.4, 0.5) is 0 Å². The predicted octanol–water partition coefficient (Wildman–Crippen LogP) is 0.698. The number of hydrogen-bond acceptors (Lipinski definition) is 5. The highest BCUT2D eigenvalue weighted by Crippen LogP contribution is 2.25. The van der Waals surface area contributed by atoms with Crippen LogP contribution in [-0.4, -0.2) is 30.8 Å². The van der Waals surface area contributed by atoms with Crippen LogP contribution in [0.5, 0.6) is 5.75 Å². The summed E-state index contributed by atoms with van der Waals surface area (Å²) in [6.07, 6.45) is 1.57. The van der Waals surface area contributed by atoms with Gasteiger partial charge in [0.25, 0.3) is 0 Å². The van der Waals surface area contributed by atoms with E-state index < -0.39 is 10.0 Å². The molecule has 8 heteroatoms. The molecule has 7 nitrogen and oxygen atoms in total. The molecule has 2 aromatic rings. The number of aromatic nitrogens is 2. The van der Waals surface area contributed by atoms with Crippen molar-refractivity contribution in [3.05, 3.63) is 41.2 Å². The first-order valence-corrected chi connectivity index (χ1v) is 7.72. The molecule has 0 atom stereocenters. The number of aliphatic hydroxyl groups excluding tert-OH is 1. The van der Waals surface area contributed by atoms with Gasteiger partial charge in [-0.05, 0) is 24.6 Å². The zero-order chi connectivity index (χ0) is 15.5. The van der Waals surface area contributed by atoms with E-state index in [-0.39, 0.29) is 23.8 Å². The van der Waals surface area contributed by atoms with E-state index >= 15 is 0 Å². The lowest BCUT2D eigenvalue weighted by molar-refractivity contribution is 0.280. The topological polar surface area (TPSA) is 104 Å². The second-order valence-corrected chi connectivity index (χ2v) is 6.22. The van der Waals surface area contributed by atoms with E-state index in [1.54, 1.807) is 12.3 Å². The number of methoxy groups -OCH3 is 1. The Morgan fingerprint density at radius 1 is 1.43 bits per heavy atom. The van der Waals surface area contributed by atoms with Gasteiger partial charge in [0.2, 0.25) is 10.0 Å². The normalized spacial score (nSPS) is 11.6. The molecule has 2 rings (SSSR count). The summed E-state index contributed by atoms with van der Waals surface area (Å²) < 4.78 is 32.3.